The molecule has 1 amide bonds. The molecule has 0 fully saturated rings. The van der Waals surface area contributed by atoms with Crippen molar-refractivity contribution in [3.05, 3.63) is 47.6 Å². The van der Waals surface area contributed by atoms with E-state index in [-0.39, 0.29) is 5.91 Å². The van der Waals surface area contributed by atoms with Crippen LogP contribution in [0.3, 0.4) is 0 Å². The summed E-state index contributed by atoms with van der Waals surface area (Å²) in [6, 6.07) is 9.34. The van der Waals surface area contributed by atoms with Crippen LogP contribution in [0.5, 0.6) is 0 Å². The lowest BCUT2D eigenvalue weighted by molar-refractivity contribution is 0.102. The predicted molar refractivity (Wildman–Crippen MR) is 78.5 cm³/mol. The molecule has 0 aliphatic carbocycles. The van der Waals surface area contributed by atoms with E-state index in [1.165, 1.54) is 11.3 Å². The lowest BCUT2D eigenvalue weighted by Crippen LogP contribution is -2.12. The van der Waals surface area contributed by atoms with Crippen molar-refractivity contribution in [2.75, 3.05) is 11.1 Å². The molecule has 0 radical (unpaired) electrons. The number of aromatic nitrogens is 3. The second kappa shape index (κ2) is 5.14. The van der Waals surface area contributed by atoms with Crippen molar-refractivity contribution in [1.82, 2.24) is 15.2 Å². The molecule has 0 unspecified atom stereocenters. The lowest BCUT2D eigenvalue weighted by Gasteiger charge is -2.05. The molecule has 6 nitrogen and oxygen atoms in total. The molecule has 7 heteroatoms. The number of anilines is 2. The van der Waals surface area contributed by atoms with Gasteiger partial charge in [-0.3, -0.25) is 9.89 Å². The average Bonchev–Trinajstić information content (AvgIpc) is 3.10. The van der Waals surface area contributed by atoms with Gasteiger partial charge in [0.1, 0.15) is 5.69 Å². The van der Waals surface area contributed by atoms with Gasteiger partial charge in [-0.25, -0.2) is 4.98 Å². The van der Waals surface area contributed by atoms with Crippen molar-refractivity contribution < 1.29 is 4.79 Å². The molecule has 0 aliphatic heterocycles. The number of carbonyl (C=O) groups is 1. The van der Waals surface area contributed by atoms with Gasteiger partial charge in [-0.05, 0) is 18.2 Å². The molecule has 1 aromatic carbocycles. The fourth-order valence-electron chi connectivity index (χ4n) is 1.77. The van der Waals surface area contributed by atoms with E-state index in [1.54, 1.807) is 11.6 Å². The van der Waals surface area contributed by atoms with Gasteiger partial charge >= 0.3 is 0 Å². The van der Waals surface area contributed by atoms with Crippen molar-refractivity contribution in [2.24, 2.45) is 0 Å². The predicted octanol–water partition coefficient (Wildman–Crippen LogP) is 2.37. The van der Waals surface area contributed by atoms with Crippen LogP contribution in [0.25, 0.3) is 11.3 Å². The Bertz CT molecular complexity index is 735. The van der Waals surface area contributed by atoms with Gasteiger partial charge in [0, 0.05) is 22.8 Å². The fraction of sp³-hybridized carbons (Fsp3) is 0. The number of nitrogens with one attached hydrogen (secondary N) is 2. The zero-order valence-electron chi connectivity index (χ0n) is 10.3. The van der Waals surface area contributed by atoms with E-state index in [9.17, 15) is 4.79 Å². The van der Waals surface area contributed by atoms with Crippen LogP contribution < -0.4 is 11.1 Å². The highest BCUT2D eigenvalue weighted by Crippen LogP contribution is 2.21. The Hall–Kier alpha value is -2.67. The van der Waals surface area contributed by atoms with Crippen LogP contribution in [0, 0.1) is 0 Å². The van der Waals surface area contributed by atoms with Crippen molar-refractivity contribution in [1.29, 1.82) is 0 Å². The van der Waals surface area contributed by atoms with E-state index >= 15 is 0 Å². The fourth-order valence-corrected chi connectivity index (χ4v) is 2.31. The maximum absolute atomic E-state index is 12.0. The molecule has 0 saturated carbocycles. The first-order chi connectivity index (χ1) is 9.72. The minimum Gasteiger partial charge on any atom is -0.375 e. The number of nitrogens with zero attached hydrogens (tertiary/aromatic N) is 2. The van der Waals surface area contributed by atoms with Crippen molar-refractivity contribution in [3.63, 3.8) is 0 Å². The van der Waals surface area contributed by atoms with Crippen molar-refractivity contribution >= 4 is 28.1 Å². The lowest BCUT2D eigenvalue weighted by atomic mass is 10.1. The molecule has 2 aromatic heterocycles. The van der Waals surface area contributed by atoms with Gasteiger partial charge in [-0.15, -0.1) is 11.3 Å². The minimum atomic E-state index is -0.278. The second-order valence-corrected chi connectivity index (χ2v) is 4.97. The maximum atomic E-state index is 12.0. The Kier molecular flexibility index (Phi) is 3.18. The standard InChI is InChI=1S/C13H11N5OS/c14-13-17-11(7-20-13)12(19)16-9-3-1-2-8(6-9)10-4-5-15-18-10/h1-7H,(H2,14,17)(H,15,18)(H,16,19). The number of thiazole rings is 1. The Morgan fingerprint density at radius 2 is 2.25 bits per heavy atom. The third-order valence-corrected chi connectivity index (χ3v) is 3.36. The summed E-state index contributed by atoms with van der Waals surface area (Å²) in [7, 11) is 0. The maximum Gasteiger partial charge on any atom is 0.275 e. The minimum absolute atomic E-state index is 0.278. The number of H-pyrrole nitrogens is 1. The largest absolute Gasteiger partial charge is 0.375 e. The number of benzene rings is 1. The summed E-state index contributed by atoms with van der Waals surface area (Å²) in [4.78, 5) is 15.9. The number of hydrogen-bond acceptors (Lipinski definition) is 5. The zero-order chi connectivity index (χ0) is 13.9. The van der Waals surface area contributed by atoms with Crippen LogP contribution in [-0.4, -0.2) is 21.1 Å². The number of carbonyl (C=O) groups excluding carboxylic acids is 1. The first-order valence-corrected chi connectivity index (χ1v) is 6.72. The summed E-state index contributed by atoms with van der Waals surface area (Å²) in [6.45, 7) is 0. The van der Waals surface area contributed by atoms with Crippen LogP contribution in [0.15, 0.2) is 41.9 Å². The smallest absolute Gasteiger partial charge is 0.275 e. The summed E-state index contributed by atoms with van der Waals surface area (Å²) in [5.74, 6) is -0.278. The molecule has 0 saturated heterocycles. The molecule has 2 heterocycles. The summed E-state index contributed by atoms with van der Waals surface area (Å²) >= 11 is 1.24. The highest BCUT2D eigenvalue weighted by atomic mass is 32.1. The zero-order valence-corrected chi connectivity index (χ0v) is 11.1. The number of rotatable bonds is 3. The van der Waals surface area contributed by atoms with Crippen LogP contribution in [0.2, 0.25) is 0 Å². The summed E-state index contributed by atoms with van der Waals surface area (Å²) in [5.41, 5.74) is 8.35. The molecular weight excluding hydrogens is 274 g/mol. The molecule has 0 aliphatic rings. The molecule has 100 valence electrons. The Morgan fingerprint density at radius 3 is 2.95 bits per heavy atom. The third-order valence-electron chi connectivity index (χ3n) is 2.69. The van der Waals surface area contributed by atoms with Crippen LogP contribution >= 0.6 is 11.3 Å². The number of nitrogens with two attached hydrogens (primary N) is 1. The highest BCUT2D eigenvalue weighted by Gasteiger charge is 2.10. The van der Waals surface area contributed by atoms with E-state index in [2.05, 4.69) is 20.5 Å². The quantitative estimate of drug-likeness (QED) is 0.688. The van der Waals surface area contributed by atoms with Crippen molar-refractivity contribution in [3.8, 4) is 11.3 Å². The molecule has 20 heavy (non-hydrogen) atoms. The van der Waals surface area contributed by atoms with Crippen LogP contribution in [0.1, 0.15) is 10.5 Å². The van der Waals surface area contributed by atoms with E-state index in [0.717, 1.165) is 11.3 Å². The number of amides is 1. The van der Waals surface area contributed by atoms with Gasteiger partial charge in [-0.2, -0.15) is 5.10 Å². The molecular formula is C13H11N5OS. The van der Waals surface area contributed by atoms with Gasteiger partial charge in [0.15, 0.2) is 5.13 Å². The Labute approximate surface area is 118 Å². The first-order valence-electron chi connectivity index (χ1n) is 5.84. The highest BCUT2D eigenvalue weighted by molar-refractivity contribution is 7.13. The Balaban J connectivity index is 1.81. The summed E-state index contributed by atoms with van der Waals surface area (Å²) in [5, 5.41) is 11.6. The average molecular weight is 285 g/mol. The molecule has 3 aromatic rings. The molecule has 0 bridgehead atoms. The van der Waals surface area contributed by atoms with Crippen molar-refractivity contribution in [2.45, 2.75) is 0 Å². The Morgan fingerprint density at radius 1 is 1.35 bits per heavy atom. The SMILES string of the molecule is Nc1nc(C(=O)Nc2cccc(-c3ccn[nH]3)c2)cs1. The summed E-state index contributed by atoms with van der Waals surface area (Å²) in [6.07, 6.45) is 1.68. The van der Waals surface area contributed by atoms with Gasteiger partial charge in [0.05, 0.1) is 5.69 Å². The second-order valence-electron chi connectivity index (χ2n) is 4.08. The van der Waals surface area contributed by atoms with Crippen LogP contribution in [0.4, 0.5) is 10.8 Å². The summed E-state index contributed by atoms with van der Waals surface area (Å²) < 4.78 is 0. The van der Waals surface area contributed by atoms with Gasteiger partial charge in [-0.1, -0.05) is 12.1 Å². The third kappa shape index (κ3) is 2.52. The number of aromatic amines is 1. The van der Waals surface area contributed by atoms with Gasteiger partial charge in [0.2, 0.25) is 0 Å². The molecule has 0 atom stereocenters. The normalized spacial score (nSPS) is 10.4. The van der Waals surface area contributed by atoms with Gasteiger partial charge in [0.25, 0.3) is 5.91 Å². The number of nitrogen functional groups attached to an aromatic ring is 1. The van der Waals surface area contributed by atoms with E-state index in [1.807, 2.05) is 30.3 Å². The number of hydrogen-bond donors (Lipinski definition) is 3. The van der Waals surface area contributed by atoms with Gasteiger partial charge < -0.3 is 11.1 Å². The van der Waals surface area contributed by atoms with E-state index < -0.39 is 0 Å². The topological polar surface area (TPSA) is 96.7 Å². The van der Waals surface area contributed by atoms with E-state index in [4.69, 9.17) is 5.73 Å². The first kappa shape index (κ1) is 12.4. The van der Waals surface area contributed by atoms with Crippen LogP contribution in [-0.2, 0) is 0 Å². The van der Waals surface area contributed by atoms with E-state index in [0.29, 0.717) is 16.5 Å². The molecule has 0 spiro atoms. The molecule has 3 rings (SSSR count). The molecule has 4 N–H and O–H groups in total. The monoisotopic (exact) mass is 285 g/mol.